The first-order valence-electron chi connectivity index (χ1n) is 6.40. The topological polar surface area (TPSA) is 53.7 Å². The van der Waals surface area contributed by atoms with E-state index >= 15 is 0 Å². The first-order valence-corrected chi connectivity index (χ1v) is 6.40. The van der Waals surface area contributed by atoms with E-state index in [2.05, 4.69) is 6.07 Å². The first-order chi connectivity index (χ1) is 8.72. The van der Waals surface area contributed by atoms with E-state index in [1.165, 1.54) is 5.56 Å². The highest BCUT2D eigenvalue weighted by molar-refractivity contribution is 5.52. The SMILES string of the molecule is COCc1c(CC2(N)CC2)ccc2c1OCCO2. The van der Waals surface area contributed by atoms with Crippen LogP contribution < -0.4 is 15.2 Å². The van der Waals surface area contributed by atoms with Crippen molar-refractivity contribution in [1.29, 1.82) is 0 Å². The molecule has 3 rings (SSSR count). The van der Waals surface area contributed by atoms with Gasteiger partial charge in [-0.1, -0.05) is 6.07 Å². The number of hydrogen-bond acceptors (Lipinski definition) is 4. The molecule has 1 aromatic rings. The third-order valence-corrected chi connectivity index (χ3v) is 3.63. The fraction of sp³-hybridized carbons (Fsp3) is 0.571. The molecule has 4 nitrogen and oxygen atoms in total. The molecule has 18 heavy (non-hydrogen) atoms. The van der Waals surface area contributed by atoms with Crippen molar-refractivity contribution in [2.24, 2.45) is 5.73 Å². The van der Waals surface area contributed by atoms with Crippen molar-refractivity contribution in [1.82, 2.24) is 0 Å². The Morgan fingerprint density at radius 1 is 1.28 bits per heavy atom. The van der Waals surface area contributed by atoms with Gasteiger partial charge in [-0.2, -0.15) is 0 Å². The standard InChI is InChI=1S/C14H19NO3/c1-16-9-11-10(8-14(15)4-5-14)2-3-12-13(11)18-7-6-17-12/h2-3H,4-9,15H2,1H3. The van der Waals surface area contributed by atoms with Crippen LogP contribution in [0.3, 0.4) is 0 Å². The van der Waals surface area contributed by atoms with Crippen molar-refractivity contribution < 1.29 is 14.2 Å². The van der Waals surface area contributed by atoms with E-state index in [0.717, 1.165) is 36.3 Å². The number of hydrogen-bond donors (Lipinski definition) is 1. The minimum absolute atomic E-state index is 0.00769. The minimum atomic E-state index is -0.00769. The van der Waals surface area contributed by atoms with E-state index in [1.54, 1.807) is 7.11 Å². The summed E-state index contributed by atoms with van der Waals surface area (Å²) in [5.74, 6) is 1.66. The molecule has 1 aromatic carbocycles. The van der Waals surface area contributed by atoms with Crippen molar-refractivity contribution in [2.75, 3.05) is 20.3 Å². The van der Waals surface area contributed by atoms with E-state index in [1.807, 2.05) is 6.07 Å². The summed E-state index contributed by atoms with van der Waals surface area (Å²) in [5, 5.41) is 0. The summed E-state index contributed by atoms with van der Waals surface area (Å²) in [4.78, 5) is 0. The van der Waals surface area contributed by atoms with Gasteiger partial charge in [0.25, 0.3) is 0 Å². The maximum Gasteiger partial charge on any atom is 0.167 e. The van der Waals surface area contributed by atoms with Gasteiger partial charge in [0, 0.05) is 18.2 Å². The van der Waals surface area contributed by atoms with E-state index in [4.69, 9.17) is 19.9 Å². The molecule has 1 saturated carbocycles. The molecule has 0 bridgehead atoms. The minimum Gasteiger partial charge on any atom is -0.486 e. The summed E-state index contributed by atoms with van der Waals surface area (Å²) >= 11 is 0. The van der Waals surface area contributed by atoms with Crippen LogP contribution in [0, 0.1) is 0 Å². The Hall–Kier alpha value is -1.26. The van der Waals surface area contributed by atoms with Gasteiger partial charge in [0.1, 0.15) is 13.2 Å². The fourth-order valence-electron chi connectivity index (χ4n) is 2.40. The van der Waals surface area contributed by atoms with Gasteiger partial charge in [0.15, 0.2) is 11.5 Å². The quantitative estimate of drug-likeness (QED) is 0.881. The van der Waals surface area contributed by atoms with Gasteiger partial charge in [-0.25, -0.2) is 0 Å². The van der Waals surface area contributed by atoms with Crippen molar-refractivity contribution in [2.45, 2.75) is 31.4 Å². The van der Waals surface area contributed by atoms with Crippen LogP contribution in [0.4, 0.5) is 0 Å². The smallest absolute Gasteiger partial charge is 0.167 e. The lowest BCUT2D eigenvalue weighted by Gasteiger charge is -2.23. The highest BCUT2D eigenvalue weighted by atomic mass is 16.6. The number of ether oxygens (including phenoxy) is 3. The molecule has 4 heteroatoms. The van der Waals surface area contributed by atoms with Crippen LogP contribution >= 0.6 is 0 Å². The highest BCUT2D eigenvalue weighted by Crippen LogP contribution is 2.41. The zero-order valence-electron chi connectivity index (χ0n) is 10.7. The lowest BCUT2D eigenvalue weighted by Crippen LogP contribution is -2.26. The van der Waals surface area contributed by atoms with Crippen molar-refractivity contribution in [3.63, 3.8) is 0 Å². The molecule has 1 heterocycles. The molecule has 0 spiro atoms. The number of rotatable bonds is 4. The Morgan fingerprint density at radius 2 is 2.06 bits per heavy atom. The third-order valence-electron chi connectivity index (χ3n) is 3.63. The van der Waals surface area contributed by atoms with Crippen molar-refractivity contribution in [3.05, 3.63) is 23.3 Å². The second kappa shape index (κ2) is 4.44. The average molecular weight is 249 g/mol. The number of nitrogens with two attached hydrogens (primary N) is 1. The zero-order valence-corrected chi connectivity index (χ0v) is 10.7. The summed E-state index contributed by atoms with van der Waals surface area (Å²) in [6.07, 6.45) is 3.10. The summed E-state index contributed by atoms with van der Waals surface area (Å²) in [5.41, 5.74) is 8.51. The van der Waals surface area contributed by atoms with E-state index in [9.17, 15) is 0 Å². The van der Waals surface area contributed by atoms with Crippen molar-refractivity contribution in [3.8, 4) is 11.5 Å². The van der Waals surface area contributed by atoms with E-state index < -0.39 is 0 Å². The second-order valence-corrected chi connectivity index (χ2v) is 5.20. The summed E-state index contributed by atoms with van der Waals surface area (Å²) in [6, 6.07) is 4.07. The Labute approximate surface area is 107 Å². The van der Waals surface area contributed by atoms with Crippen molar-refractivity contribution >= 4 is 0 Å². The van der Waals surface area contributed by atoms with Crippen LogP contribution in [0.5, 0.6) is 11.5 Å². The average Bonchev–Trinajstić information content (AvgIpc) is 3.10. The normalized spacial score (nSPS) is 19.7. The Kier molecular flexibility index (Phi) is 2.92. The summed E-state index contributed by atoms with van der Waals surface area (Å²) in [6.45, 7) is 1.75. The molecule has 1 fully saturated rings. The van der Waals surface area contributed by atoms with E-state index in [0.29, 0.717) is 19.8 Å². The van der Waals surface area contributed by atoms with Gasteiger partial charge in [-0.15, -0.1) is 0 Å². The lowest BCUT2D eigenvalue weighted by molar-refractivity contribution is 0.152. The maximum absolute atomic E-state index is 6.21. The molecule has 1 aliphatic heterocycles. The highest BCUT2D eigenvalue weighted by Gasteiger charge is 2.39. The fourth-order valence-corrected chi connectivity index (χ4v) is 2.40. The van der Waals surface area contributed by atoms with Gasteiger partial charge in [0.2, 0.25) is 0 Å². The molecule has 0 radical (unpaired) electrons. The molecular weight excluding hydrogens is 230 g/mol. The third kappa shape index (κ3) is 2.18. The molecule has 0 amide bonds. The number of benzene rings is 1. The molecule has 0 aromatic heterocycles. The van der Waals surface area contributed by atoms with Crippen LogP contribution in [0.2, 0.25) is 0 Å². The van der Waals surface area contributed by atoms with E-state index in [-0.39, 0.29) is 5.54 Å². The van der Waals surface area contributed by atoms with Gasteiger partial charge in [-0.05, 0) is 30.9 Å². The molecular formula is C14H19NO3. The first kappa shape index (κ1) is 11.8. The molecule has 98 valence electrons. The zero-order chi connectivity index (χ0) is 12.6. The van der Waals surface area contributed by atoms with Gasteiger partial charge in [0.05, 0.1) is 6.61 Å². The molecule has 0 saturated heterocycles. The van der Waals surface area contributed by atoms with Crippen LogP contribution in [0.15, 0.2) is 12.1 Å². The molecule has 2 aliphatic rings. The molecule has 1 aliphatic carbocycles. The largest absolute Gasteiger partial charge is 0.486 e. The Balaban J connectivity index is 1.96. The predicted molar refractivity (Wildman–Crippen MR) is 68.0 cm³/mol. The number of methoxy groups -OCH3 is 1. The van der Waals surface area contributed by atoms with Gasteiger partial charge in [-0.3, -0.25) is 0 Å². The van der Waals surface area contributed by atoms with Gasteiger partial charge >= 0.3 is 0 Å². The van der Waals surface area contributed by atoms with Crippen LogP contribution in [0.1, 0.15) is 24.0 Å². The van der Waals surface area contributed by atoms with Gasteiger partial charge < -0.3 is 19.9 Å². The predicted octanol–water partition coefficient (Wildman–Crippen LogP) is 1.64. The number of fused-ring (bicyclic) bond motifs is 1. The second-order valence-electron chi connectivity index (χ2n) is 5.20. The van der Waals surface area contributed by atoms with Crippen LogP contribution in [-0.2, 0) is 17.8 Å². The molecule has 0 unspecified atom stereocenters. The van der Waals surface area contributed by atoms with Crippen LogP contribution in [-0.4, -0.2) is 25.9 Å². The Bertz CT molecular complexity index is 455. The Morgan fingerprint density at radius 3 is 2.78 bits per heavy atom. The summed E-state index contributed by atoms with van der Waals surface area (Å²) in [7, 11) is 1.70. The monoisotopic (exact) mass is 249 g/mol. The summed E-state index contributed by atoms with van der Waals surface area (Å²) < 4.78 is 16.6. The lowest BCUT2D eigenvalue weighted by atomic mass is 9.98. The molecule has 2 N–H and O–H groups in total. The maximum atomic E-state index is 6.21. The van der Waals surface area contributed by atoms with Crippen LogP contribution in [0.25, 0.3) is 0 Å². The molecule has 0 atom stereocenters.